The van der Waals surface area contributed by atoms with Crippen LogP contribution in [-0.4, -0.2) is 24.2 Å². The second-order valence-corrected chi connectivity index (χ2v) is 6.51. The maximum atomic E-state index is 12.0. The molecule has 0 heterocycles. The first-order chi connectivity index (χ1) is 11.6. The first-order valence-corrected chi connectivity index (χ1v) is 8.69. The molecule has 1 N–H and O–H groups in total. The van der Waals surface area contributed by atoms with Crippen molar-refractivity contribution in [3.8, 4) is 6.07 Å². The van der Waals surface area contributed by atoms with E-state index in [4.69, 9.17) is 10.00 Å². The van der Waals surface area contributed by atoms with E-state index in [0.29, 0.717) is 11.3 Å². The SMILES string of the molecule is N#CCSc1ccccc1NC(=O)COC(=O)c1cccc(Br)c1. The molecule has 1 amide bonds. The van der Waals surface area contributed by atoms with Crippen LogP contribution in [0.1, 0.15) is 10.4 Å². The molecule has 2 rings (SSSR count). The van der Waals surface area contributed by atoms with Crippen molar-refractivity contribution in [2.75, 3.05) is 17.7 Å². The van der Waals surface area contributed by atoms with Gasteiger partial charge in [0.15, 0.2) is 6.61 Å². The normalized spacial score (nSPS) is 9.83. The maximum Gasteiger partial charge on any atom is 0.338 e. The minimum Gasteiger partial charge on any atom is -0.452 e. The van der Waals surface area contributed by atoms with Crippen LogP contribution in [0.25, 0.3) is 0 Å². The molecule has 0 aliphatic rings. The molecule has 2 aromatic carbocycles. The number of amides is 1. The molecule has 0 saturated carbocycles. The van der Waals surface area contributed by atoms with Crippen LogP contribution in [0, 0.1) is 11.3 Å². The fourth-order valence-electron chi connectivity index (χ4n) is 1.82. The highest BCUT2D eigenvalue weighted by Gasteiger charge is 2.12. The molecule has 0 aliphatic heterocycles. The summed E-state index contributed by atoms with van der Waals surface area (Å²) in [6.45, 7) is -0.386. The predicted octanol–water partition coefficient (Wildman–Crippen LogP) is 3.86. The summed E-state index contributed by atoms with van der Waals surface area (Å²) in [7, 11) is 0. The lowest BCUT2D eigenvalue weighted by Gasteiger charge is -2.10. The number of nitrogens with zero attached hydrogens (tertiary/aromatic N) is 1. The molecule has 0 bridgehead atoms. The number of esters is 1. The van der Waals surface area contributed by atoms with Crippen LogP contribution >= 0.6 is 27.7 Å². The Bertz CT molecular complexity index is 789. The van der Waals surface area contributed by atoms with E-state index in [0.717, 1.165) is 9.37 Å². The van der Waals surface area contributed by atoms with Gasteiger partial charge in [0.05, 0.1) is 23.1 Å². The van der Waals surface area contributed by atoms with Crippen LogP contribution < -0.4 is 5.32 Å². The summed E-state index contributed by atoms with van der Waals surface area (Å²) >= 11 is 4.59. The Labute approximate surface area is 152 Å². The van der Waals surface area contributed by atoms with Gasteiger partial charge in [-0.05, 0) is 30.3 Å². The molecule has 0 radical (unpaired) electrons. The van der Waals surface area contributed by atoms with Gasteiger partial charge in [0.1, 0.15) is 0 Å². The number of nitrogens with one attached hydrogen (secondary N) is 1. The summed E-state index contributed by atoms with van der Waals surface area (Å²) in [5, 5.41) is 11.3. The lowest BCUT2D eigenvalue weighted by Crippen LogP contribution is -2.21. The average Bonchev–Trinajstić information content (AvgIpc) is 2.59. The average molecular weight is 405 g/mol. The van der Waals surface area contributed by atoms with Gasteiger partial charge < -0.3 is 10.1 Å². The number of nitriles is 1. The molecular weight excluding hydrogens is 392 g/mol. The van der Waals surface area contributed by atoms with Crippen molar-refractivity contribution in [2.45, 2.75) is 4.90 Å². The molecule has 0 fully saturated rings. The number of anilines is 1. The second kappa shape index (κ2) is 9.11. The van der Waals surface area contributed by atoms with Gasteiger partial charge in [-0.15, -0.1) is 11.8 Å². The molecule has 5 nitrogen and oxygen atoms in total. The minimum absolute atomic E-state index is 0.282. The largest absolute Gasteiger partial charge is 0.452 e. The molecule has 0 spiro atoms. The summed E-state index contributed by atoms with van der Waals surface area (Å²) in [4.78, 5) is 24.7. The Kier molecular flexibility index (Phi) is 6.85. The van der Waals surface area contributed by atoms with E-state index < -0.39 is 11.9 Å². The number of para-hydroxylation sites is 1. The van der Waals surface area contributed by atoms with E-state index in [9.17, 15) is 9.59 Å². The highest BCUT2D eigenvalue weighted by Crippen LogP contribution is 2.26. The topological polar surface area (TPSA) is 79.2 Å². The van der Waals surface area contributed by atoms with Crippen molar-refractivity contribution in [2.24, 2.45) is 0 Å². The summed E-state index contributed by atoms with van der Waals surface area (Å²) in [6, 6.07) is 15.9. The molecule has 0 saturated heterocycles. The third-order valence-corrected chi connectivity index (χ3v) is 4.28. The molecule has 24 heavy (non-hydrogen) atoms. The number of halogens is 1. The molecule has 0 unspecified atom stereocenters. The summed E-state index contributed by atoms with van der Waals surface area (Å²) in [5.41, 5.74) is 0.948. The Hall–Kier alpha value is -2.30. The number of thioether (sulfide) groups is 1. The molecule has 7 heteroatoms. The fraction of sp³-hybridized carbons (Fsp3) is 0.118. The van der Waals surface area contributed by atoms with E-state index in [1.165, 1.54) is 11.8 Å². The molecule has 122 valence electrons. The maximum absolute atomic E-state index is 12.0. The fourth-order valence-corrected chi connectivity index (χ4v) is 2.89. The Morgan fingerprint density at radius 3 is 2.75 bits per heavy atom. The van der Waals surface area contributed by atoms with Crippen molar-refractivity contribution in [1.29, 1.82) is 5.26 Å². The van der Waals surface area contributed by atoms with E-state index in [-0.39, 0.29) is 12.4 Å². The van der Waals surface area contributed by atoms with E-state index in [1.807, 2.05) is 18.2 Å². The number of carbonyl (C=O) groups is 2. The zero-order valence-corrected chi connectivity index (χ0v) is 14.9. The van der Waals surface area contributed by atoms with Crippen LogP contribution in [0.2, 0.25) is 0 Å². The van der Waals surface area contributed by atoms with Gasteiger partial charge in [-0.1, -0.05) is 34.1 Å². The molecular formula is C17H13BrN2O3S. The van der Waals surface area contributed by atoms with Gasteiger partial charge in [-0.3, -0.25) is 4.79 Å². The third kappa shape index (κ3) is 5.41. The van der Waals surface area contributed by atoms with E-state index in [1.54, 1.807) is 36.4 Å². The van der Waals surface area contributed by atoms with Gasteiger partial charge >= 0.3 is 5.97 Å². The van der Waals surface area contributed by atoms with Crippen molar-refractivity contribution >= 4 is 45.3 Å². The molecule has 2 aromatic rings. The standard InChI is InChI=1S/C17H13BrN2O3S/c18-13-5-3-4-12(10-13)17(22)23-11-16(21)20-14-6-1-2-7-15(14)24-9-8-19/h1-7,10H,9,11H2,(H,20,21). The number of carbonyl (C=O) groups excluding carboxylic acids is 2. The first kappa shape index (κ1) is 18.0. The smallest absolute Gasteiger partial charge is 0.338 e. The molecule has 0 atom stereocenters. The van der Waals surface area contributed by atoms with Crippen molar-refractivity contribution < 1.29 is 14.3 Å². The summed E-state index contributed by atoms with van der Waals surface area (Å²) < 4.78 is 5.76. The van der Waals surface area contributed by atoms with Crippen LogP contribution in [0.5, 0.6) is 0 Å². The van der Waals surface area contributed by atoms with E-state index >= 15 is 0 Å². The number of ether oxygens (including phenoxy) is 1. The van der Waals surface area contributed by atoms with Crippen LogP contribution in [-0.2, 0) is 9.53 Å². The van der Waals surface area contributed by atoms with Crippen LogP contribution in [0.3, 0.4) is 0 Å². The number of hydrogen-bond acceptors (Lipinski definition) is 5. The number of benzene rings is 2. The third-order valence-electron chi connectivity index (χ3n) is 2.85. The molecule has 0 aromatic heterocycles. The van der Waals surface area contributed by atoms with Crippen molar-refractivity contribution in [1.82, 2.24) is 0 Å². The predicted molar refractivity (Wildman–Crippen MR) is 95.8 cm³/mol. The number of hydrogen-bond donors (Lipinski definition) is 1. The monoisotopic (exact) mass is 404 g/mol. The minimum atomic E-state index is -0.571. The highest BCUT2D eigenvalue weighted by molar-refractivity contribution is 9.10. The zero-order valence-electron chi connectivity index (χ0n) is 12.5. The van der Waals surface area contributed by atoms with Crippen LogP contribution in [0.4, 0.5) is 5.69 Å². The Morgan fingerprint density at radius 2 is 2.00 bits per heavy atom. The van der Waals surface area contributed by atoms with Gasteiger partial charge in [0, 0.05) is 9.37 Å². The van der Waals surface area contributed by atoms with Crippen LogP contribution in [0.15, 0.2) is 57.9 Å². The summed E-state index contributed by atoms with van der Waals surface area (Å²) in [5.74, 6) is -0.730. The Morgan fingerprint density at radius 1 is 1.21 bits per heavy atom. The second-order valence-electron chi connectivity index (χ2n) is 4.58. The quantitative estimate of drug-likeness (QED) is 0.583. The van der Waals surface area contributed by atoms with Gasteiger partial charge in [0.2, 0.25) is 0 Å². The highest BCUT2D eigenvalue weighted by atomic mass is 79.9. The zero-order chi connectivity index (χ0) is 17.4. The van der Waals surface area contributed by atoms with Gasteiger partial charge in [-0.2, -0.15) is 5.26 Å². The lowest BCUT2D eigenvalue weighted by atomic mass is 10.2. The molecule has 0 aliphatic carbocycles. The van der Waals surface area contributed by atoms with Crippen molar-refractivity contribution in [3.63, 3.8) is 0 Å². The van der Waals surface area contributed by atoms with E-state index in [2.05, 4.69) is 21.2 Å². The van der Waals surface area contributed by atoms with Gasteiger partial charge in [-0.25, -0.2) is 4.79 Å². The van der Waals surface area contributed by atoms with Gasteiger partial charge in [0.25, 0.3) is 5.91 Å². The van der Waals surface area contributed by atoms with Crippen molar-refractivity contribution in [3.05, 3.63) is 58.6 Å². The number of rotatable bonds is 6. The Balaban J connectivity index is 1.92. The first-order valence-electron chi connectivity index (χ1n) is 6.91. The lowest BCUT2D eigenvalue weighted by molar-refractivity contribution is -0.119. The summed E-state index contributed by atoms with van der Waals surface area (Å²) in [6.07, 6.45) is 0.